The molecule has 1 atom stereocenters. The van der Waals surface area contributed by atoms with Crippen molar-refractivity contribution in [2.75, 3.05) is 0 Å². The average molecular weight is 204 g/mol. The second kappa shape index (κ2) is 5.11. The number of hydrogen-bond donors (Lipinski definition) is 0. The van der Waals surface area contributed by atoms with Crippen LogP contribution in [-0.2, 0) is 4.79 Å². The van der Waals surface area contributed by atoms with Crippen molar-refractivity contribution in [3.8, 4) is 0 Å². The fraction of sp³-hybridized carbons (Fsp3) is 0.500. The summed E-state index contributed by atoms with van der Waals surface area (Å²) in [6, 6.07) is 6.32. The topological polar surface area (TPSA) is 17.1 Å². The van der Waals surface area contributed by atoms with Gasteiger partial charge >= 0.3 is 0 Å². The molecule has 0 fully saturated rings. The van der Waals surface area contributed by atoms with Crippen molar-refractivity contribution in [1.29, 1.82) is 0 Å². The number of carbonyl (C=O) groups is 1. The molecule has 0 radical (unpaired) electrons. The third kappa shape index (κ3) is 2.92. The minimum absolute atomic E-state index is 0.0462. The maximum Gasteiger partial charge on any atom is 0.140 e. The summed E-state index contributed by atoms with van der Waals surface area (Å²) in [7, 11) is 0. The first kappa shape index (κ1) is 12.0. The number of ketones is 1. The van der Waals surface area contributed by atoms with Crippen molar-refractivity contribution in [1.82, 2.24) is 0 Å². The van der Waals surface area contributed by atoms with Crippen molar-refractivity contribution in [3.05, 3.63) is 34.9 Å². The van der Waals surface area contributed by atoms with E-state index in [4.69, 9.17) is 0 Å². The van der Waals surface area contributed by atoms with Crippen LogP contribution >= 0.6 is 0 Å². The van der Waals surface area contributed by atoms with E-state index in [1.54, 1.807) is 0 Å². The average Bonchev–Trinajstić information content (AvgIpc) is 2.21. The van der Waals surface area contributed by atoms with Crippen molar-refractivity contribution < 1.29 is 4.79 Å². The molecule has 1 nitrogen and oxygen atoms in total. The van der Waals surface area contributed by atoms with E-state index in [-0.39, 0.29) is 5.92 Å². The molecule has 82 valence electrons. The van der Waals surface area contributed by atoms with Crippen molar-refractivity contribution in [3.63, 3.8) is 0 Å². The third-order valence-electron chi connectivity index (χ3n) is 2.88. The summed E-state index contributed by atoms with van der Waals surface area (Å²) in [6.07, 6.45) is 1.63. The van der Waals surface area contributed by atoms with E-state index in [1.165, 1.54) is 16.7 Å². The summed E-state index contributed by atoms with van der Waals surface area (Å²) in [5, 5.41) is 0. The highest BCUT2D eigenvalue weighted by molar-refractivity contribution is 5.85. The van der Waals surface area contributed by atoms with Gasteiger partial charge in [0, 0.05) is 12.3 Å². The Kier molecular flexibility index (Phi) is 4.07. The van der Waals surface area contributed by atoms with Gasteiger partial charge in [0.1, 0.15) is 5.78 Å². The lowest BCUT2D eigenvalue weighted by molar-refractivity contribution is -0.120. The monoisotopic (exact) mass is 204 g/mol. The lowest BCUT2D eigenvalue weighted by Gasteiger charge is -2.14. The SMILES string of the molecule is CCCC(=O)C(C)c1cc(C)ccc1C. The van der Waals surface area contributed by atoms with Crippen LogP contribution in [0.15, 0.2) is 18.2 Å². The maximum absolute atomic E-state index is 11.8. The van der Waals surface area contributed by atoms with Crippen LogP contribution in [-0.4, -0.2) is 5.78 Å². The first-order valence-electron chi connectivity index (χ1n) is 5.66. The van der Waals surface area contributed by atoms with Crippen molar-refractivity contribution in [2.24, 2.45) is 0 Å². The molecule has 0 aromatic heterocycles. The van der Waals surface area contributed by atoms with Gasteiger partial charge in [-0.3, -0.25) is 4.79 Å². The highest BCUT2D eigenvalue weighted by Crippen LogP contribution is 2.23. The smallest absolute Gasteiger partial charge is 0.140 e. The molecule has 0 heterocycles. The Morgan fingerprint density at radius 1 is 1.33 bits per heavy atom. The Bertz CT molecular complexity index is 352. The van der Waals surface area contributed by atoms with Crippen LogP contribution in [0.5, 0.6) is 0 Å². The molecule has 1 unspecified atom stereocenters. The number of carbonyl (C=O) groups excluding carboxylic acids is 1. The van der Waals surface area contributed by atoms with E-state index in [0.29, 0.717) is 12.2 Å². The minimum Gasteiger partial charge on any atom is -0.299 e. The van der Waals surface area contributed by atoms with Crippen LogP contribution in [0.25, 0.3) is 0 Å². The molecule has 1 aromatic carbocycles. The van der Waals surface area contributed by atoms with E-state index in [9.17, 15) is 4.79 Å². The van der Waals surface area contributed by atoms with Crippen LogP contribution < -0.4 is 0 Å². The number of Topliss-reactive ketones (excluding diaryl/α,β-unsaturated/α-hetero) is 1. The van der Waals surface area contributed by atoms with E-state index >= 15 is 0 Å². The summed E-state index contributed by atoms with van der Waals surface area (Å²) in [4.78, 5) is 11.8. The molecule has 1 rings (SSSR count). The van der Waals surface area contributed by atoms with Gasteiger partial charge in [0.05, 0.1) is 0 Å². The van der Waals surface area contributed by atoms with E-state index < -0.39 is 0 Å². The summed E-state index contributed by atoms with van der Waals surface area (Å²) < 4.78 is 0. The molecule has 0 aliphatic carbocycles. The van der Waals surface area contributed by atoms with Crippen LogP contribution in [0, 0.1) is 13.8 Å². The number of aryl methyl sites for hydroxylation is 2. The molecule has 0 amide bonds. The minimum atomic E-state index is 0.0462. The van der Waals surface area contributed by atoms with Crippen molar-refractivity contribution in [2.45, 2.75) is 46.5 Å². The summed E-state index contributed by atoms with van der Waals surface area (Å²) in [5.41, 5.74) is 3.64. The fourth-order valence-corrected chi connectivity index (χ4v) is 1.86. The largest absolute Gasteiger partial charge is 0.299 e. The van der Waals surface area contributed by atoms with Gasteiger partial charge in [-0.15, -0.1) is 0 Å². The molecule has 0 aliphatic heterocycles. The summed E-state index contributed by atoms with van der Waals surface area (Å²) >= 11 is 0. The normalized spacial score (nSPS) is 12.5. The molecule has 0 saturated carbocycles. The molecule has 0 N–H and O–H groups in total. The van der Waals surface area contributed by atoms with Gasteiger partial charge in [-0.05, 0) is 31.4 Å². The first-order valence-corrected chi connectivity index (χ1v) is 5.66. The second-order valence-corrected chi connectivity index (χ2v) is 4.30. The van der Waals surface area contributed by atoms with Gasteiger partial charge in [-0.25, -0.2) is 0 Å². The van der Waals surface area contributed by atoms with Gasteiger partial charge in [0.15, 0.2) is 0 Å². The third-order valence-corrected chi connectivity index (χ3v) is 2.88. The van der Waals surface area contributed by atoms with Crippen LogP contribution in [0.1, 0.15) is 49.3 Å². The van der Waals surface area contributed by atoms with Gasteiger partial charge in [0.2, 0.25) is 0 Å². The Balaban J connectivity index is 2.94. The molecule has 0 aliphatic rings. The van der Waals surface area contributed by atoms with Gasteiger partial charge in [-0.2, -0.15) is 0 Å². The van der Waals surface area contributed by atoms with Gasteiger partial charge in [-0.1, -0.05) is 37.6 Å². The van der Waals surface area contributed by atoms with Crippen molar-refractivity contribution >= 4 is 5.78 Å². The van der Waals surface area contributed by atoms with E-state index in [0.717, 1.165) is 6.42 Å². The zero-order valence-electron chi connectivity index (χ0n) is 10.1. The predicted octanol–water partition coefficient (Wildman–Crippen LogP) is 3.78. The van der Waals surface area contributed by atoms with Crippen LogP contribution in [0.2, 0.25) is 0 Å². The molecule has 1 heteroatoms. The summed E-state index contributed by atoms with van der Waals surface area (Å²) in [6.45, 7) is 8.21. The van der Waals surface area contributed by atoms with Crippen LogP contribution in [0.4, 0.5) is 0 Å². The Morgan fingerprint density at radius 2 is 2.00 bits per heavy atom. The quantitative estimate of drug-likeness (QED) is 0.729. The molecular formula is C14H20O. The van der Waals surface area contributed by atoms with Gasteiger partial charge < -0.3 is 0 Å². The van der Waals surface area contributed by atoms with Gasteiger partial charge in [0.25, 0.3) is 0 Å². The van der Waals surface area contributed by atoms with Crippen LogP contribution in [0.3, 0.4) is 0 Å². The van der Waals surface area contributed by atoms with E-state index in [2.05, 4.69) is 32.0 Å². The summed E-state index contributed by atoms with van der Waals surface area (Å²) in [5.74, 6) is 0.399. The highest BCUT2D eigenvalue weighted by atomic mass is 16.1. The maximum atomic E-state index is 11.8. The molecular weight excluding hydrogens is 184 g/mol. The Labute approximate surface area is 92.5 Å². The highest BCUT2D eigenvalue weighted by Gasteiger charge is 2.15. The molecule has 15 heavy (non-hydrogen) atoms. The predicted molar refractivity (Wildman–Crippen MR) is 64.2 cm³/mol. The lowest BCUT2D eigenvalue weighted by atomic mass is 9.90. The first-order chi connectivity index (χ1) is 7.06. The second-order valence-electron chi connectivity index (χ2n) is 4.30. The Hall–Kier alpha value is -1.11. The zero-order valence-corrected chi connectivity index (χ0v) is 10.1. The molecule has 0 saturated heterocycles. The molecule has 0 spiro atoms. The number of benzene rings is 1. The standard InChI is InChI=1S/C14H20O/c1-5-6-14(15)12(4)13-9-10(2)7-8-11(13)3/h7-9,12H,5-6H2,1-4H3. The van der Waals surface area contributed by atoms with E-state index in [1.807, 2.05) is 13.8 Å². The molecule has 0 bridgehead atoms. The zero-order chi connectivity index (χ0) is 11.4. The number of hydrogen-bond acceptors (Lipinski definition) is 1. The molecule has 1 aromatic rings. The lowest BCUT2D eigenvalue weighted by Crippen LogP contribution is -2.10. The fourth-order valence-electron chi connectivity index (χ4n) is 1.86. The number of rotatable bonds is 4. The Morgan fingerprint density at radius 3 is 2.60 bits per heavy atom.